The molecule has 1 saturated heterocycles. The second kappa shape index (κ2) is 12.3. The van der Waals surface area contributed by atoms with Crippen molar-refractivity contribution in [3.8, 4) is 0 Å². The first-order valence-corrected chi connectivity index (χ1v) is 11.7. The van der Waals surface area contributed by atoms with E-state index in [1.165, 1.54) is 13.8 Å². The summed E-state index contributed by atoms with van der Waals surface area (Å²) in [4.78, 5) is 23.1. The van der Waals surface area contributed by atoms with Crippen LogP contribution in [-0.2, 0) is 53.5 Å². The Hall–Kier alpha value is -1.81. The Morgan fingerprint density at radius 3 is 2.06 bits per heavy atom. The van der Waals surface area contributed by atoms with Crippen LogP contribution in [0.5, 0.6) is 0 Å². The molecule has 1 aliphatic heterocycles. The molecule has 0 bridgehead atoms. The van der Waals surface area contributed by atoms with E-state index in [4.69, 9.17) is 32.7 Å². The van der Waals surface area contributed by atoms with E-state index in [-0.39, 0.29) is 19.8 Å². The smallest absolute Gasteiger partial charge is 0.356 e. The molecule has 11 heteroatoms. The molecule has 31 heavy (non-hydrogen) atoms. The highest BCUT2D eigenvalue weighted by Gasteiger charge is 2.51. The quantitative estimate of drug-likeness (QED) is 0.340. The molecule has 1 heterocycles. The summed E-state index contributed by atoms with van der Waals surface area (Å²) >= 11 is 0. The molecule has 1 aliphatic rings. The second-order valence-corrected chi connectivity index (χ2v) is 8.56. The van der Waals surface area contributed by atoms with E-state index in [2.05, 4.69) is 0 Å². The molecule has 10 nitrogen and oxygen atoms in total. The molecule has 0 amide bonds. The van der Waals surface area contributed by atoms with Crippen molar-refractivity contribution in [2.45, 2.75) is 59.1 Å². The Balaban J connectivity index is 2.20. The van der Waals surface area contributed by atoms with Gasteiger partial charge in [0.25, 0.3) is 0 Å². The number of hydrogen-bond donors (Lipinski definition) is 0. The predicted molar refractivity (Wildman–Crippen MR) is 108 cm³/mol. The van der Waals surface area contributed by atoms with Gasteiger partial charge in [-0.3, -0.25) is 14.2 Å². The number of ether oxygens (including phenoxy) is 5. The van der Waals surface area contributed by atoms with E-state index in [9.17, 15) is 14.2 Å². The zero-order valence-corrected chi connectivity index (χ0v) is 18.9. The minimum Gasteiger partial charge on any atom is -0.453 e. The number of carbonyl (C=O) groups is 2. The molecule has 0 saturated carbocycles. The fraction of sp³-hybridized carbons (Fsp3) is 0.600. The van der Waals surface area contributed by atoms with Crippen molar-refractivity contribution >= 4 is 19.5 Å². The number of carbonyl (C=O) groups excluding carboxylic acids is 2. The molecule has 0 aliphatic carbocycles. The van der Waals surface area contributed by atoms with Crippen LogP contribution in [0.25, 0.3) is 0 Å². The maximum absolute atomic E-state index is 12.7. The van der Waals surface area contributed by atoms with Crippen LogP contribution in [0, 0.1) is 0 Å². The van der Waals surface area contributed by atoms with Gasteiger partial charge in [0, 0.05) is 13.8 Å². The highest BCUT2D eigenvalue weighted by molar-refractivity contribution is 7.53. The van der Waals surface area contributed by atoms with Gasteiger partial charge in [-0.2, -0.15) is 0 Å². The molecule has 1 aromatic carbocycles. The molecular weight excluding hydrogens is 431 g/mol. The van der Waals surface area contributed by atoms with Crippen molar-refractivity contribution in [3.05, 3.63) is 35.9 Å². The molecule has 0 unspecified atom stereocenters. The number of benzene rings is 1. The molecule has 1 aromatic rings. The van der Waals surface area contributed by atoms with Crippen molar-refractivity contribution in [1.29, 1.82) is 0 Å². The summed E-state index contributed by atoms with van der Waals surface area (Å²) in [7, 11) is -3.54. The van der Waals surface area contributed by atoms with Crippen molar-refractivity contribution in [3.63, 3.8) is 0 Å². The topological polar surface area (TPSA) is 116 Å². The monoisotopic (exact) mass is 460 g/mol. The van der Waals surface area contributed by atoms with Crippen molar-refractivity contribution in [1.82, 2.24) is 0 Å². The van der Waals surface area contributed by atoms with Gasteiger partial charge in [-0.05, 0) is 19.4 Å². The first-order valence-electron chi connectivity index (χ1n) is 9.93. The molecule has 4 atom stereocenters. The first kappa shape index (κ1) is 25.5. The third kappa shape index (κ3) is 7.99. The Labute approximate surface area is 181 Å². The van der Waals surface area contributed by atoms with Gasteiger partial charge in [0.1, 0.15) is 0 Å². The Bertz CT molecular complexity index is 746. The number of hydrogen-bond acceptors (Lipinski definition) is 10. The van der Waals surface area contributed by atoms with Gasteiger partial charge < -0.3 is 32.7 Å². The van der Waals surface area contributed by atoms with Crippen LogP contribution < -0.4 is 0 Å². The van der Waals surface area contributed by atoms with E-state index in [1.54, 1.807) is 13.8 Å². The normalized spacial score (nSPS) is 23.5. The van der Waals surface area contributed by atoms with Crippen molar-refractivity contribution in [2.24, 2.45) is 0 Å². The Kier molecular flexibility index (Phi) is 10.1. The molecule has 1 fully saturated rings. The van der Waals surface area contributed by atoms with Gasteiger partial charge in [-0.25, -0.2) is 0 Å². The average Bonchev–Trinajstić information content (AvgIpc) is 3.01. The van der Waals surface area contributed by atoms with Crippen LogP contribution in [0.3, 0.4) is 0 Å². The van der Waals surface area contributed by atoms with Gasteiger partial charge in [-0.15, -0.1) is 0 Å². The lowest BCUT2D eigenvalue weighted by Crippen LogP contribution is -2.40. The average molecular weight is 460 g/mol. The maximum Gasteiger partial charge on any atom is 0.356 e. The third-order valence-electron chi connectivity index (χ3n) is 4.05. The summed E-state index contributed by atoms with van der Waals surface area (Å²) in [6.45, 7) is 6.23. The number of rotatable bonds is 12. The van der Waals surface area contributed by atoms with E-state index < -0.39 is 50.7 Å². The molecule has 0 aromatic heterocycles. The SMILES string of the molecule is CCOP(=O)(CO[C@H]1O[C@@H](OC(C)=O)[C@@H](OC(C)=O)[C@H]1OCc1ccccc1)OCC. The minimum atomic E-state index is -3.54. The Morgan fingerprint density at radius 2 is 1.52 bits per heavy atom. The van der Waals surface area contributed by atoms with Gasteiger partial charge in [-0.1, -0.05) is 30.3 Å². The van der Waals surface area contributed by atoms with E-state index in [1.807, 2.05) is 30.3 Å². The summed E-state index contributed by atoms with van der Waals surface area (Å²) < 4.78 is 50.8. The molecule has 174 valence electrons. The van der Waals surface area contributed by atoms with Crippen molar-refractivity contribution < 1.29 is 46.9 Å². The fourth-order valence-corrected chi connectivity index (χ4v) is 4.25. The van der Waals surface area contributed by atoms with Crippen LogP contribution in [0.15, 0.2) is 30.3 Å². The lowest BCUT2D eigenvalue weighted by molar-refractivity contribution is -0.221. The lowest BCUT2D eigenvalue weighted by atomic mass is 10.2. The van der Waals surface area contributed by atoms with Gasteiger partial charge in [0.2, 0.25) is 6.29 Å². The predicted octanol–water partition coefficient (Wildman–Crippen LogP) is 2.99. The maximum atomic E-state index is 12.7. The van der Waals surface area contributed by atoms with Crippen LogP contribution in [0.1, 0.15) is 33.3 Å². The third-order valence-corrected chi connectivity index (χ3v) is 5.81. The minimum absolute atomic E-state index is 0.147. The van der Waals surface area contributed by atoms with E-state index in [0.29, 0.717) is 0 Å². The van der Waals surface area contributed by atoms with E-state index in [0.717, 1.165) is 5.56 Å². The molecule has 0 N–H and O–H groups in total. The second-order valence-electron chi connectivity index (χ2n) is 6.56. The van der Waals surface area contributed by atoms with Crippen molar-refractivity contribution in [2.75, 3.05) is 19.6 Å². The summed E-state index contributed by atoms with van der Waals surface area (Å²) in [5.41, 5.74) is 0.855. The summed E-state index contributed by atoms with van der Waals surface area (Å²) in [5.74, 6) is -1.26. The van der Waals surface area contributed by atoms with Crippen LogP contribution >= 0.6 is 7.60 Å². The highest BCUT2D eigenvalue weighted by Crippen LogP contribution is 2.48. The van der Waals surface area contributed by atoms with E-state index >= 15 is 0 Å². The van der Waals surface area contributed by atoms with Gasteiger partial charge in [0.15, 0.2) is 24.8 Å². The van der Waals surface area contributed by atoms with Crippen LogP contribution in [0.4, 0.5) is 0 Å². The first-order chi connectivity index (χ1) is 14.8. The zero-order valence-electron chi connectivity index (χ0n) is 18.1. The molecule has 2 rings (SSSR count). The standard InChI is InChI=1S/C20H29O10P/c1-5-26-31(23,27-6-2)13-25-19-17(24-12-16-10-8-7-9-11-16)18(28-14(3)21)20(30-19)29-15(4)22/h7-11,17-20H,5-6,12-13H2,1-4H3/t17-,18+,19+,20-/m1/s1. The molecule has 0 radical (unpaired) electrons. The lowest BCUT2D eigenvalue weighted by Gasteiger charge is -2.24. The van der Waals surface area contributed by atoms with Crippen LogP contribution in [0.2, 0.25) is 0 Å². The molecule has 0 spiro atoms. The zero-order chi connectivity index (χ0) is 22.9. The summed E-state index contributed by atoms with van der Waals surface area (Å²) in [5, 5.41) is 0. The Morgan fingerprint density at radius 1 is 0.903 bits per heavy atom. The number of esters is 2. The van der Waals surface area contributed by atoms with Gasteiger partial charge >= 0.3 is 19.5 Å². The molecular formula is C20H29O10P. The summed E-state index contributed by atoms with van der Waals surface area (Å²) in [6.07, 6.45) is -4.90. The largest absolute Gasteiger partial charge is 0.453 e. The van der Waals surface area contributed by atoms with Crippen LogP contribution in [-0.4, -0.2) is 56.3 Å². The highest BCUT2D eigenvalue weighted by atomic mass is 31.2. The summed E-state index contributed by atoms with van der Waals surface area (Å²) in [6, 6.07) is 9.28. The fourth-order valence-electron chi connectivity index (χ4n) is 2.91. The van der Waals surface area contributed by atoms with Gasteiger partial charge in [0.05, 0.1) is 19.8 Å².